The van der Waals surface area contributed by atoms with Crippen molar-refractivity contribution in [3.63, 3.8) is 0 Å². The molecule has 238 valence electrons. The van der Waals surface area contributed by atoms with E-state index in [0.717, 1.165) is 72.3 Å². The van der Waals surface area contributed by atoms with Crippen molar-refractivity contribution in [2.45, 2.75) is 123 Å². The number of aliphatic hydroxyl groups is 2. The van der Waals surface area contributed by atoms with E-state index in [0.29, 0.717) is 31.8 Å². The number of Topliss-reactive ketones (excluding diaryl/α,β-unsaturated/α-hetero) is 1. The van der Waals surface area contributed by atoms with Crippen LogP contribution < -0.4 is 9.47 Å². The van der Waals surface area contributed by atoms with Gasteiger partial charge in [-0.05, 0) is 113 Å². The van der Waals surface area contributed by atoms with Gasteiger partial charge in [-0.25, -0.2) is 0 Å². The average Bonchev–Trinajstić information content (AvgIpc) is 3.43. The predicted molar refractivity (Wildman–Crippen MR) is 167 cm³/mol. The molecule has 43 heavy (non-hydrogen) atoms. The van der Waals surface area contributed by atoms with Crippen molar-refractivity contribution in [3.8, 4) is 11.5 Å². The Bertz CT molecular complexity index is 1180. The number of benzene rings is 2. The van der Waals surface area contributed by atoms with Crippen LogP contribution in [0.15, 0.2) is 36.4 Å². The summed E-state index contributed by atoms with van der Waals surface area (Å²) in [5.41, 5.74) is 4.02. The number of ether oxygens (including phenoxy) is 4. The molecule has 2 aromatic rings. The number of carbonyl (C=O) groups excluding carboxylic acids is 1. The summed E-state index contributed by atoms with van der Waals surface area (Å²) in [6, 6.07) is 11.9. The van der Waals surface area contributed by atoms with E-state index >= 15 is 0 Å². The highest BCUT2D eigenvalue weighted by Crippen LogP contribution is 2.43. The molecule has 2 aliphatic carbocycles. The second kappa shape index (κ2) is 15.0. The molecule has 0 bridgehead atoms. The van der Waals surface area contributed by atoms with E-state index in [2.05, 4.69) is 0 Å². The highest BCUT2D eigenvalue weighted by atomic mass is 16.7. The van der Waals surface area contributed by atoms with Crippen molar-refractivity contribution in [1.29, 1.82) is 0 Å². The monoisotopic (exact) mass is 596 g/mol. The van der Waals surface area contributed by atoms with Gasteiger partial charge in [-0.15, -0.1) is 0 Å². The van der Waals surface area contributed by atoms with Crippen LogP contribution in [0.25, 0.3) is 0 Å². The third-order valence-corrected chi connectivity index (χ3v) is 8.92. The first-order chi connectivity index (χ1) is 20.5. The van der Waals surface area contributed by atoms with E-state index in [4.69, 9.17) is 18.9 Å². The Morgan fingerprint density at radius 1 is 0.721 bits per heavy atom. The van der Waals surface area contributed by atoms with Gasteiger partial charge in [0, 0.05) is 25.7 Å². The lowest BCUT2D eigenvalue weighted by Gasteiger charge is -2.37. The van der Waals surface area contributed by atoms with Crippen molar-refractivity contribution in [3.05, 3.63) is 58.7 Å². The van der Waals surface area contributed by atoms with Crippen molar-refractivity contribution >= 4 is 5.78 Å². The first kappa shape index (κ1) is 33.4. The van der Waals surface area contributed by atoms with E-state index in [1.54, 1.807) is 0 Å². The molecule has 5 rings (SSSR count). The zero-order valence-electron chi connectivity index (χ0n) is 26.9. The minimum Gasteiger partial charge on any atom is -0.491 e. The van der Waals surface area contributed by atoms with E-state index in [1.165, 1.54) is 0 Å². The molecule has 2 saturated carbocycles. The quantitative estimate of drug-likeness (QED) is 0.330. The van der Waals surface area contributed by atoms with Crippen LogP contribution in [0.5, 0.6) is 11.5 Å². The number of aliphatic hydroxyl groups excluding tert-OH is 2. The Kier molecular flexibility index (Phi) is 11.7. The summed E-state index contributed by atoms with van der Waals surface area (Å²) < 4.78 is 23.2. The first-order valence-corrected chi connectivity index (χ1v) is 16.2. The Morgan fingerprint density at radius 3 is 1.56 bits per heavy atom. The fourth-order valence-corrected chi connectivity index (χ4v) is 6.37. The van der Waals surface area contributed by atoms with Gasteiger partial charge in [-0.3, -0.25) is 4.79 Å². The molecular formula is C36H52O7. The lowest BCUT2D eigenvalue weighted by molar-refractivity contribution is -0.187. The van der Waals surface area contributed by atoms with Crippen molar-refractivity contribution < 1.29 is 34.0 Å². The molecule has 1 spiro atoms. The molecule has 1 aliphatic heterocycles. The molecule has 1 saturated heterocycles. The number of carbonyl (C=O) groups is 1. The summed E-state index contributed by atoms with van der Waals surface area (Å²) in [6.45, 7) is 13.5. The summed E-state index contributed by atoms with van der Waals surface area (Å²) in [6.07, 6.45) is 5.66. The third kappa shape index (κ3) is 9.04. The van der Waals surface area contributed by atoms with Crippen LogP contribution in [-0.4, -0.2) is 47.2 Å². The molecule has 0 amide bonds. The summed E-state index contributed by atoms with van der Waals surface area (Å²) in [5.74, 6) is 2.09. The van der Waals surface area contributed by atoms with Crippen LogP contribution >= 0.6 is 0 Å². The van der Waals surface area contributed by atoms with Crippen LogP contribution in [0.1, 0.15) is 114 Å². The minimum atomic E-state index is -0.502. The number of hydrogen-bond acceptors (Lipinski definition) is 7. The molecule has 7 nitrogen and oxygen atoms in total. The number of ketones is 1. The second-order valence-electron chi connectivity index (χ2n) is 13.1. The fourth-order valence-electron chi connectivity index (χ4n) is 6.37. The number of aryl methyl sites for hydroxylation is 2. The van der Waals surface area contributed by atoms with Gasteiger partial charge in [0.1, 0.15) is 17.3 Å². The van der Waals surface area contributed by atoms with Gasteiger partial charge in [0.05, 0.1) is 37.6 Å². The number of rotatable bonds is 8. The summed E-state index contributed by atoms with van der Waals surface area (Å²) >= 11 is 0. The van der Waals surface area contributed by atoms with Crippen LogP contribution in [0.3, 0.4) is 0 Å². The molecule has 0 radical (unpaired) electrons. The molecule has 3 fully saturated rings. The predicted octanol–water partition coefficient (Wildman–Crippen LogP) is 7.32. The zero-order valence-corrected chi connectivity index (χ0v) is 26.9. The number of hydrogen-bond donors (Lipinski definition) is 2. The van der Waals surface area contributed by atoms with E-state index in [1.807, 2.05) is 77.9 Å². The van der Waals surface area contributed by atoms with Crippen molar-refractivity contribution in [1.82, 2.24) is 0 Å². The zero-order chi connectivity index (χ0) is 31.1. The Balaban J connectivity index is 0.000000199. The molecule has 2 unspecified atom stereocenters. The summed E-state index contributed by atoms with van der Waals surface area (Å²) in [5, 5.41) is 21.3. The molecular weight excluding hydrogens is 544 g/mol. The molecule has 2 atom stereocenters. The van der Waals surface area contributed by atoms with Crippen LogP contribution in [-0.2, 0) is 14.3 Å². The van der Waals surface area contributed by atoms with E-state index in [9.17, 15) is 15.0 Å². The summed E-state index contributed by atoms with van der Waals surface area (Å²) in [4.78, 5) is 11.3. The maximum absolute atomic E-state index is 11.3. The van der Waals surface area contributed by atoms with E-state index in [-0.39, 0.29) is 29.8 Å². The maximum Gasteiger partial charge on any atom is 0.168 e. The topological polar surface area (TPSA) is 94.5 Å². The SMILES string of the molecule is Cc1ccc(C(O)C2CCC(=O)CC2)cc1OC(C)C.Cc1ccc(C(O)C2CCC3(CC2)OCCO3)cc1OC(C)C. The van der Waals surface area contributed by atoms with Gasteiger partial charge >= 0.3 is 0 Å². The van der Waals surface area contributed by atoms with Crippen LogP contribution in [0, 0.1) is 25.7 Å². The van der Waals surface area contributed by atoms with Gasteiger partial charge in [0.25, 0.3) is 0 Å². The minimum absolute atomic E-state index is 0.119. The molecule has 7 heteroatoms. The van der Waals surface area contributed by atoms with Gasteiger partial charge in [0.2, 0.25) is 0 Å². The second-order valence-corrected chi connectivity index (χ2v) is 13.1. The van der Waals surface area contributed by atoms with Crippen LogP contribution in [0.4, 0.5) is 0 Å². The van der Waals surface area contributed by atoms with Gasteiger partial charge in [0.15, 0.2) is 5.79 Å². The highest BCUT2D eigenvalue weighted by molar-refractivity contribution is 5.79. The largest absolute Gasteiger partial charge is 0.491 e. The van der Waals surface area contributed by atoms with Crippen molar-refractivity contribution in [2.75, 3.05) is 13.2 Å². The summed E-state index contributed by atoms with van der Waals surface area (Å²) in [7, 11) is 0. The standard InChI is InChI=1S/C19H28O4.C17H24O3/c1-13(2)23-17-12-16(5-4-14(17)3)18(20)15-6-8-19(9-7-15)21-10-11-22-19;1-11(2)20-16-10-14(5-4-12(16)3)17(19)13-6-8-15(18)9-7-13/h4-5,12-13,15,18,20H,6-11H2,1-3H3;4-5,10-11,13,17,19H,6-9H2,1-3H3. The molecule has 3 aliphatic rings. The molecule has 2 aromatic carbocycles. The van der Waals surface area contributed by atoms with Crippen LogP contribution in [0.2, 0.25) is 0 Å². The molecule has 2 N–H and O–H groups in total. The highest BCUT2D eigenvalue weighted by Gasteiger charge is 2.42. The molecule has 0 aromatic heterocycles. The lowest BCUT2D eigenvalue weighted by Crippen LogP contribution is -2.36. The maximum atomic E-state index is 11.3. The third-order valence-electron chi connectivity index (χ3n) is 8.92. The molecule has 1 heterocycles. The average molecular weight is 597 g/mol. The van der Waals surface area contributed by atoms with Gasteiger partial charge in [-0.2, -0.15) is 0 Å². The first-order valence-electron chi connectivity index (χ1n) is 16.2. The Morgan fingerprint density at radius 2 is 1.14 bits per heavy atom. The lowest BCUT2D eigenvalue weighted by atomic mass is 9.80. The van der Waals surface area contributed by atoms with E-state index < -0.39 is 12.2 Å². The normalized spacial score (nSPS) is 20.7. The van der Waals surface area contributed by atoms with Gasteiger partial charge < -0.3 is 29.2 Å². The Hall–Kier alpha value is -2.45. The Labute approximate surface area is 257 Å². The smallest absolute Gasteiger partial charge is 0.168 e. The van der Waals surface area contributed by atoms with Gasteiger partial charge in [-0.1, -0.05) is 24.3 Å². The fraction of sp³-hybridized carbons (Fsp3) is 0.639. The van der Waals surface area contributed by atoms with Crippen molar-refractivity contribution in [2.24, 2.45) is 11.8 Å².